The van der Waals surface area contributed by atoms with Gasteiger partial charge in [-0.3, -0.25) is 0 Å². The Morgan fingerprint density at radius 3 is 1.44 bits per heavy atom. The van der Waals surface area contributed by atoms with Crippen LogP contribution in [0.25, 0.3) is 0 Å². The normalized spacial score (nSPS) is 34.0. The average Bonchev–Trinajstić information content (AvgIpc) is 2.55. The molecule has 9 heavy (non-hydrogen) atoms. The van der Waals surface area contributed by atoms with Gasteiger partial charge >= 0.3 is 0 Å². The van der Waals surface area contributed by atoms with Gasteiger partial charge in [0.15, 0.2) is 0 Å². The van der Waals surface area contributed by atoms with Crippen LogP contribution in [0.4, 0.5) is 0 Å². The summed E-state index contributed by atoms with van der Waals surface area (Å²) >= 11 is 0. The van der Waals surface area contributed by atoms with E-state index in [4.69, 9.17) is 0 Å². The predicted octanol–water partition coefficient (Wildman–Crippen LogP) is -0.975. The highest BCUT2D eigenvalue weighted by Crippen LogP contribution is 2.25. The first-order chi connectivity index (χ1) is 4.12. The summed E-state index contributed by atoms with van der Waals surface area (Å²) < 4.78 is 0. The number of hydrogen-bond acceptors (Lipinski definition) is 4. The minimum Gasteiger partial charge on any atom is -0.235 e. The fraction of sp³-hybridized carbons (Fsp3) is 1.00. The van der Waals surface area contributed by atoms with Crippen LogP contribution in [0.1, 0.15) is 20.3 Å². The van der Waals surface area contributed by atoms with Crippen molar-refractivity contribution in [1.29, 1.82) is 0 Å². The van der Waals surface area contributed by atoms with Crippen molar-refractivity contribution in [3.05, 3.63) is 0 Å². The average molecular weight is 128 g/mol. The van der Waals surface area contributed by atoms with Crippen LogP contribution < -0.4 is 21.7 Å². The zero-order valence-electron chi connectivity index (χ0n) is 5.71. The Morgan fingerprint density at radius 2 is 1.22 bits per heavy atom. The zero-order chi connectivity index (χ0) is 6.54. The van der Waals surface area contributed by atoms with Crippen molar-refractivity contribution in [2.24, 2.45) is 0 Å². The van der Waals surface area contributed by atoms with Crippen LogP contribution >= 0.6 is 0 Å². The van der Waals surface area contributed by atoms with Gasteiger partial charge in [-0.05, 0) is 13.8 Å². The lowest BCUT2D eigenvalue weighted by molar-refractivity contribution is 0.494. The van der Waals surface area contributed by atoms with Crippen molar-refractivity contribution >= 4 is 0 Å². The Balaban J connectivity index is 1.90. The zero-order valence-corrected chi connectivity index (χ0v) is 5.71. The third kappa shape index (κ3) is 1.07. The Morgan fingerprint density at radius 1 is 0.889 bits per heavy atom. The molecule has 0 radical (unpaired) electrons. The minimum absolute atomic E-state index is 0.172. The molecule has 0 unspecified atom stereocenters. The van der Waals surface area contributed by atoms with Crippen molar-refractivity contribution in [2.75, 3.05) is 0 Å². The van der Waals surface area contributed by atoms with Gasteiger partial charge in [0.25, 0.3) is 0 Å². The van der Waals surface area contributed by atoms with E-state index in [1.165, 1.54) is 0 Å². The van der Waals surface area contributed by atoms with Crippen molar-refractivity contribution < 1.29 is 0 Å². The van der Waals surface area contributed by atoms with Crippen LogP contribution in [0.3, 0.4) is 0 Å². The van der Waals surface area contributed by atoms with Crippen LogP contribution in [0.5, 0.6) is 0 Å². The lowest BCUT2D eigenvalue weighted by Crippen LogP contribution is -2.25. The van der Waals surface area contributed by atoms with Crippen molar-refractivity contribution in [1.82, 2.24) is 21.7 Å². The molecule has 0 amide bonds. The van der Waals surface area contributed by atoms with Gasteiger partial charge in [-0.1, -0.05) is 0 Å². The molecule has 0 bridgehead atoms. The van der Waals surface area contributed by atoms with E-state index in [0.29, 0.717) is 0 Å². The van der Waals surface area contributed by atoms with E-state index in [1.807, 2.05) is 0 Å². The summed E-state index contributed by atoms with van der Waals surface area (Å²) in [5.41, 5.74) is 12.7. The summed E-state index contributed by atoms with van der Waals surface area (Å²) in [6.07, 6.45) is 1.07. The highest BCUT2D eigenvalue weighted by Gasteiger charge is 2.48. The maximum absolute atomic E-state index is 3.08. The molecular formula is C5H12N4. The third-order valence-electron chi connectivity index (χ3n) is 1.81. The largest absolute Gasteiger partial charge is 0.235 e. The fourth-order valence-corrected chi connectivity index (χ4v) is 1.10. The Labute approximate surface area is 54.3 Å². The van der Waals surface area contributed by atoms with Gasteiger partial charge in [0.2, 0.25) is 0 Å². The van der Waals surface area contributed by atoms with Gasteiger partial charge < -0.3 is 0 Å². The molecule has 0 aromatic rings. The highest BCUT2D eigenvalue weighted by molar-refractivity contribution is 5.02. The lowest BCUT2D eigenvalue weighted by atomic mass is 10.1. The molecule has 2 saturated heterocycles. The Hall–Kier alpha value is -0.160. The Bertz CT molecular complexity index is 120. The maximum Gasteiger partial charge on any atom is 0.0946 e. The summed E-state index contributed by atoms with van der Waals surface area (Å²) in [6, 6.07) is 0. The van der Waals surface area contributed by atoms with Crippen molar-refractivity contribution in [2.45, 2.75) is 31.6 Å². The van der Waals surface area contributed by atoms with E-state index in [-0.39, 0.29) is 11.3 Å². The summed E-state index contributed by atoms with van der Waals surface area (Å²) in [5.74, 6) is 0. The topological polar surface area (TPSA) is 87.8 Å². The number of nitrogens with one attached hydrogen (secondary N) is 4. The van der Waals surface area contributed by atoms with Gasteiger partial charge in [-0.15, -0.1) is 0 Å². The van der Waals surface area contributed by atoms with Gasteiger partial charge in [0.05, 0.1) is 11.3 Å². The molecule has 4 heteroatoms. The Kier molecular flexibility index (Phi) is 0.806. The van der Waals surface area contributed by atoms with Crippen LogP contribution in [-0.4, -0.2) is 11.3 Å². The monoisotopic (exact) mass is 128 g/mol. The molecule has 2 aliphatic heterocycles. The molecular weight excluding hydrogens is 116 g/mol. The van der Waals surface area contributed by atoms with E-state index >= 15 is 0 Å². The van der Waals surface area contributed by atoms with Crippen LogP contribution in [0, 0.1) is 0 Å². The molecule has 0 aliphatic carbocycles. The summed E-state index contributed by atoms with van der Waals surface area (Å²) in [6.45, 7) is 4.28. The van der Waals surface area contributed by atoms with Gasteiger partial charge in [0.1, 0.15) is 0 Å². The van der Waals surface area contributed by atoms with E-state index in [1.54, 1.807) is 0 Å². The predicted molar refractivity (Wildman–Crippen MR) is 34.0 cm³/mol. The van der Waals surface area contributed by atoms with Gasteiger partial charge in [0, 0.05) is 6.42 Å². The second-order valence-corrected chi connectivity index (χ2v) is 3.34. The molecule has 2 aliphatic rings. The van der Waals surface area contributed by atoms with Gasteiger partial charge in [-0.25, -0.2) is 21.7 Å². The quantitative estimate of drug-likeness (QED) is 0.360. The minimum atomic E-state index is 0.172. The number of hydrazine groups is 2. The van der Waals surface area contributed by atoms with Crippen molar-refractivity contribution in [3.63, 3.8) is 0 Å². The first kappa shape index (κ1) is 5.61. The molecule has 4 nitrogen and oxygen atoms in total. The van der Waals surface area contributed by atoms with Crippen LogP contribution in [-0.2, 0) is 0 Å². The second kappa shape index (κ2) is 1.29. The lowest BCUT2D eigenvalue weighted by Gasteiger charge is -2.06. The fourth-order valence-electron chi connectivity index (χ4n) is 1.10. The standard InChI is InChI=1S/C5H12N4/c1-4(6-7-4)3-5(2)8-9-5/h6-9H,3H2,1-2H3. The van der Waals surface area contributed by atoms with Gasteiger partial charge in [-0.2, -0.15) is 0 Å². The van der Waals surface area contributed by atoms with E-state index in [9.17, 15) is 0 Å². The molecule has 2 fully saturated rings. The second-order valence-electron chi connectivity index (χ2n) is 3.34. The van der Waals surface area contributed by atoms with E-state index in [2.05, 4.69) is 35.6 Å². The molecule has 0 aromatic heterocycles. The summed E-state index contributed by atoms with van der Waals surface area (Å²) in [7, 11) is 0. The van der Waals surface area contributed by atoms with E-state index in [0.717, 1.165) is 6.42 Å². The summed E-state index contributed by atoms with van der Waals surface area (Å²) in [5, 5.41) is 0. The first-order valence-electron chi connectivity index (χ1n) is 3.21. The maximum atomic E-state index is 3.08. The molecule has 0 spiro atoms. The number of hydrogen-bond donors (Lipinski definition) is 4. The molecule has 0 saturated carbocycles. The highest BCUT2D eigenvalue weighted by atomic mass is 15.7. The summed E-state index contributed by atoms with van der Waals surface area (Å²) in [4.78, 5) is 0. The van der Waals surface area contributed by atoms with Crippen LogP contribution in [0.15, 0.2) is 0 Å². The molecule has 0 atom stereocenters. The molecule has 4 N–H and O–H groups in total. The van der Waals surface area contributed by atoms with Crippen LogP contribution in [0.2, 0.25) is 0 Å². The molecule has 52 valence electrons. The van der Waals surface area contributed by atoms with Crippen molar-refractivity contribution in [3.8, 4) is 0 Å². The third-order valence-corrected chi connectivity index (χ3v) is 1.81. The first-order valence-corrected chi connectivity index (χ1v) is 3.21. The smallest absolute Gasteiger partial charge is 0.0946 e. The molecule has 2 rings (SSSR count). The SMILES string of the molecule is CC1(CC2(C)NN2)NN1. The molecule has 0 aromatic carbocycles. The molecule has 2 heterocycles. The van der Waals surface area contributed by atoms with E-state index < -0.39 is 0 Å². The number of rotatable bonds is 2.